The van der Waals surface area contributed by atoms with Crippen molar-refractivity contribution in [3.8, 4) is 5.75 Å². The lowest BCUT2D eigenvalue weighted by molar-refractivity contribution is -0.118. The number of hydrogen-bond donors (Lipinski definition) is 2. The molecule has 1 saturated heterocycles. The fourth-order valence-electron chi connectivity index (χ4n) is 3.41. The predicted molar refractivity (Wildman–Crippen MR) is 120 cm³/mol. The van der Waals surface area contributed by atoms with Crippen LogP contribution in [-0.2, 0) is 14.3 Å². The zero-order chi connectivity index (χ0) is 21.6. The van der Waals surface area contributed by atoms with Crippen molar-refractivity contribution < 1.29 is 19.1 Å². The van der Waals surface area contributed by atoms with Crippen molar-refractivity contribution in [2.24, 2.45) is 0 Å². The predicted octanol–water partition coefficient (Wildman–Crippen LogP) is 3.05. The number of fused-ring (bicyclic) bond motifs is 1. The number of ether oxygens (including phenoxy) is 2. The first-order chi connectivity index (χ1) is 15.1. The van der Waals surface area contributed by atoms with Crippen LogP contribution in [-0.4, -0.2) is 49.7 Å². The molecule has 0 aliphatic carbocycles. The zero-order valence-corrected chi connectivity index (χ0v) is 17.3. The molecule has 3 aromatic rings. The summed E-state index contributed by atoms with van der Waals surface area (Å²) < 4.78 is 11.2. The molecule has 8 heteroatoms. The Morgan fingerprint density at radius 3 is 2.55 bits per heavy atom. The molecule has 4 rings (SSSR count). The van der Waals surface area contributed by atoms with Gasteiger partial charge in [0, 0.05) is 36.8 Å². The second-order valence-corrected chi connectivity index (χ2v) is 7.20. The molecule has 0 unspecified atom stereocenters. The van der Waals surface area contributed by atoms with E-state index in [1.165, 1.54) is 6.92 Å². The first kappa shape index (κ1) is 20.6. The smallest absolute Gasteiger partial charge is 0.262 e. The van der Waals surface area contributed by atoms with E-state index in [2.05, 4.69) is 15.5 Å². The standard InChI is InChI=1S/C23H24N4O4/c1-16(28)24-18-5-3-6-19(14-18)25-22(29)15-31-20-7-2-4-17-8-9-21(26-23(17)20)27-10-12-30-13-11-27/h2-9,14H,10-13,15H2,1H3,(H,24,28)(H,25,29). The molecule has 2 N–H and O–H groups in total. The minimum absolute atomic E-state index is 0.160. The van der Waals surface area contributed by atoms with Gasteiger partial charge in [0.1, 0.15) is 17.1 Å². The Morgan fingerprint density at radius 2 is 1.77 bits per heavy atom. The SMILES string of the molecule is CC(=O)Nc1cccc(NC(=O)COc2cccc3ccc(N4CCOCC4)nc23)c1. The molecule has 2 heterocycles. The number of amides is 2. The van der Waals surface area contributed by atoms with E-state index in [1.54, 1.807) is 24.3 Å². The Bertz CT molecular complexity index is 1100. The third-order valence-electron chi connectivity index (χ3n) is 4.83. The highest BCUT2D eigenvalue weighted by molar-refractivity contribution is 5.94. The van der Waals surface area contributed by atoms with E-state index in [-0.39, 0.29) is 18.4 Å². The lowest BCUT2D eigenvalue weighted by atomic mass is 10.2. The highest BCUT2D eigenvalue weighted by Crippen LogP contribution is 2.27. The number of para-hydroxylation sites is 1. The number of nitrogens with one attached hydrogen (secondary N) is 2. The highest BCUT2D eigenvalue weighted by atomic mass is 16.5. The first-order valence-corrected chi connectivity index (χ1v) is 10.1. The molecule has 8 nitrogen and oxygen atoms in total. The Morgan fingerprint density at radius 1 is 1.03 bits per heavy atom. The number of benzene rings is 2. The lowest BCUT2D eigenvalue weighted by Crippen LogP contribution is -2.36. The normalized spacial score (nSPS) is 13.6. The van der Waals surface area contributed by atoms with Crippen LogP contribution in [0.25, 0.3) is 10.9 Å². The van der Waals surface area contributed by atoms with Gasteiger partial charge in [0.15, 0.2) is 6.61 Å². The van der Waals surface area contributed by atoms with Crippen molar-refractivity contribution in [3.63, 3.8) is 0 Å². The maximum atomic E-state index is 12.4. The Hall–Kier alpha value is -3.65. The van der Waals surface area contributed by atoms with Gasteiger partial charge < -0.3 is 25.0 Å². The Labute approximate surface area is 180 Å². The van der Waals surface area contributed by atoms with Gasteiger partial charge >= 0.3 is 0 Å². The van der Waals surface area contributed by atoms with Gasteiger partial charge in [0.25, 0.3) is 5.91 Å². The van der Waals surface area contributed by atoms with Crippen LogP contribution in [0.3, 0.4) is 0 Å². The molecule has 0 saturated carbocycles. The largest absolute Gasteiger partial charge is 0.481 e. The molecule has 0 atom stereocenters. The van der Waals surface area contributed by atoms with Gasteiger partial charge in [-0.15, -0.1) is 0 Å². The first-order valence-electron chi connectivity index (χ1n) is 10.1. The van der Waals surface area contributed by atoms with Crippen molar-refractivity contribution in [2.75, 3.05) is 48.4 Å². The molecule has 1 aromatic heterocycles. The van der Waals surface area contributed by atoms with E-state index >= 15 is 0 Å². The number of carbonyl (C=O) groups excluding carboxylic acids is 2. The number of rotatable bonds is 6. The molecule has 1 aliphatic heterocycles. The molecule has 2 aromatic carbocycles. The van der Waals surface area contributed by atoms with Crippen molar-refractivity contribution in [1.29, 1.82) is 0 Å². The van der Waals surface area contributed by atoms with Crippen LogP contribution in [0.1, 0.15) is 6.92 Å². The summed E-state index contributed by atoms with van der Waals surface area (Å²) in [7, 11) is 0. The molecular weight excluding hydrogens is 396 g/mol. The topological polar surface area (TPSA) is 92.8 Å². The fraction of sp³-hybridized carbons (Fsp3) is 0.261. The van der Waals surface area contributed by atoms with E-state index in [0.29, 0.717) is 35.9 Å². The summed E-state index contributed by atoms with van der Waals surface area (Å²) in [6.45, 7) is 4.22. The van der Waals surface area contributed by atoms with Crippen molar-refractivity contribution in [2.45, 2.75) is 6.92 Å². The second-order valence-electron chi connectivity index (χ2n) is 7.20. The van der Waals surface area contributed by atoms with Crippen LogP contribution < -0.4 is 20.3 Å². The van der Waals surface area contributed by atoms with Crippen LogP contribution in [0.15, 0.2) is 54.6 Å². The monoisotopic (exact) mass is 420 g/mol. The van der Waals surface area contributed by atoms with E-state index in [1.807, 2.05) is 30.3 Å². The minimum atomic E-state index is -0.304. The van der Waals surface area contributed by atoms with Gasteiger partial charge in [-0.1, -0.05) is 18.2 Å². The maximum Gasteiger partial charge on any atom is 0.262 e. The summed E-state index contributed by atoms with van der Waals surface area (Å²) >= 11 is 0. The molecule has 1 aliphatic rings. The van der Waals surface area contributed by atoms with Crippen molar-refractivity contribution in [3.05, 3.63) is 54.6 Å². The van der Waals surface area contributed by atoms with E-state index in [4.69, 9.17) is 14.5 Å². The van der Waals surface area contributed by atoms with E-state index in [9.17, 15) is 9.59 Å². The summed E-state index contributed by atoms with van der Waals surface area (Å²) in [6, 6.07) is 16.6. The molecule has 0 spiro atoms. The number of nitrogens with zero attached hydrogens (tertiary/aromatic N) is 2. The molecule has 31 heavy (non-hydrogen) atoms. The fourth-order valence-corrected chi connectivity index (χ4v) is 3.41. The molecule has 160 valence electrons. The van der Waals surface area contributed by atoms with Gasteiger partial charge in [0.2, 0.25) is 5.91 Å². The van der Waals surface area contributed by atoms with Gasteiger partial charge in [-0.05, 0) is 36.4 Å². The van der Waals surface area contributed by atoms with Crippen LogP contribution in [0.5, 0.6) is 5.75 Å². The summed E-state index contributed by atoms with van der Waals surface area (Å²) in [4.78, 5) is 30.6. The lowest BCUT2D eigenvalue weighted by Gasteiger charge is -2.28. The van der Waals surface area contributed by atoms with Crippen LogP contribution in [0, 0.1) is 0 Å². The molecule has 0 bridgehead atoms. The average molecular weight is 420 g/mol. The number of carbonyl (C=O) groups is 2. The van der Waals surface area contributed by atoms with Gasteiger partial charge in [-0.25, -0.2) is 4.98 Å². The molecule has 0 radical (unpaired) electrons. The zero-order valence-electron chi connectivity index (χ0n) is 17.3. The molecular formula is C23H24N4O4. The quantitative estimate of drug-likeness (QED) is 0.637. The van der Waals surface area contributed by atoms with E-state index in [0.717, 1.165) is 24.3 Å². The van der Waals surface area contributed by atoms with Crippen LogP contribution in [0.4, 0.5) is 17.2 Å². The molecule has 1 fully saturated rings. The van der Waals surface area contributed by atoms with Gasteiger partial charge in [-0.3, -0.25) is 9.59 Å². The van der Waals surface area contributed by atoms with Crippen molar-refractivity contribution in [1.82, 2.24) is 4.98 Å². The Kier molecular flexibility index (Phi) is 6.28. The number of morpholine rings is 1. The van der Waals surface area contributed by atoms with Gasteiger partial charge in [-0.2, -0.15) is 0 Å². The number of pyridine rings is 1. The second kappa shape index (κ2) is 9.44. The number of anilines is 3. The number of aromatic nitrogens is 1. The molecule has 2 amide bonds. The van der Waals surface area contributed by atoms with Crippen LogP contribution in [0.2, 0.25) is 0 Å². The average Bonchev–Trinajstić information content (AvgIpc) is 2.77. The summed E-state index contributed by atoms with van der Waals surface area (Å²) in [6.07, 6.45) is 0. The van der Waals surface area contributed by atoms with Gasteiger partial charge in [0.05, 0.1) is 13.2 Å². The third-order valence-corrected chi connectivity index (χ3v) is 4.83. The van der Waals surface area contributed by atoms with Crippen LogP contribution >= 0.6 is 0 Å². The number of hydrogen-bond acceptors (Lipinski definition) is 6. The summed E-state index contributed by atoms with van der Waals surface area (Å²) in [5.74, 6) is 0.939. The third kappa shape index (κ3) is 5.29. The highest BCUT2D eigenvalue weighted by Gasteiger charge is 2.14. The Balaban J connectivity index is 1.44. The minimum Gasteiger partial charge on any atom is -0.481 e. The van der Waals surface area contributed by atoms with E-state index < -0.39 is 0 Å². The maximum absolute atomic E-state index is 12.4. The summed E-state index contributed by atoms with van der Waals surface area (Å²) in [5, 5.41) is 6.41. The van der Waals surface area contributed by atoms with Crippen molar-refractivity contribution >= 4 is 39.9 Å². The summed E-state index contributed by atoms with van der Waals surface area (Å²) in [5.41, 5.74) is 1.90.